The molecular weight excluding hydrogens is 416 g/mol. The molecule has 0 unspecified atom stereocenters. The molecule has 0 heterocycles. The third-order valence-electron chi connectivity index (χ3n) is 9.63. The molecular formula is C32H36O2. The molecule has 1 N–H and O–H groups in total. The summed E-state index contributed by atoms with van der Waals surface area (Å²) in [7, 11) is 0. The largest absolute Gasteiger partial charge is 0.489 e. The van der Waals surface area contributed by atoms with Crippen molar-refractivity contribution in [1.82, 2.24) is 0 Å². The summed E-state index contributed by atoms with van der Waals surface area (Å²) in [5, 5.41) is 12.1. The molecule has 0 amide bonds. The van der Waals surface area contributed by atoms with E-state index in [4.69, 9.17) is 4.74 Å². The van der Waals surface area contributed by atoms with Gasteiger partial charge in [0, 0.05) is 5.41 Å². The van der Waals surface area contributed by atoms with Gasteiger partial charge in [-0.25, -0.2) is 0 Å². The van der Waals surface area contributed by atoms with Crippen LogP contribution in [0.2, 0.25) is 0 Å². The molecule has 0 radical (unpaired) electrons. The zero-order valence-corrected chi connectivity index (χ0v) is 20.5. The Bertz CT molecular complexity index is 1170. The van der Waals surface area contributed by atoms with Gasteiger partial charge >= 0.3 is 0 Å². The zero-order chi connectivity index (χ0) is 23.3. The lowest BCUT2D eigenvalue weighted by Crippen LogP contribution is -2.49. The highest BCUT2D eigenvalue weighted by atomic mass is 16.5. The number of benzene rings is 3. The second-order valence-electron chi connectivity index (χ2n) is 11.3. The van der Waals surface area contributed by atoms with Crippen LogP contribution in [0.3, 0.4) is 0 Å². The van der Waals surface area contributed by atoms with Gasteiger partial charge in [0.15, 0.2) is 0 Å². The first-order valence-electron chi connectivity index (χ1n) is 13.1. The summed E-state index contributed by atoms with van der Waals surface area (Å²) < 4.78 is 6.13. The van der Waals surface area contributed by atoms with Gasteiger partial charge in [-0.2, -0.15) is 0 Å². The van der Waals surface area contributed by atoms with Crippen molar-refractivity contribution in [2.45, 2.75) is 70.5 Å². The van der Waals surface area contributed by atoms with Crippen LogP contribution >= 0.6 is 0 Å². The molecule has 0 aromatic heterocycles. The van der Waals surface area contributed by atoms with E-state index in [1.165, 1.54) is 35.1 Å². The molecule has 0 saturated heterocycles. The summed E-state index contributed by atoms with van der Waals surface area (Å²) in [4.78, 5) is 0. The third kappa shape index (κ3) is 3.41. The van der Waals surface area contributed by atoms with Gasteiger partial charge in [0.05, 0.1) is 5.60 Å². The molecule has 2 saturated carbocycles. The van der Waals surface area contributed by atoms with E-state index in [0.29, 0.717) is 24.4 Å². The highest BCUT2D eigenvalue weighted by Crippen LogP contribution is 2.67. The highest BCUT2D eigenvalue weighted by molar-refractivity contribution is 5.41. The molecule has 6 rings (SSSR count). The molecule has 2 heteroatoms. The number of ether oxygens (including phenoxy) is 1. The average molecular weight is 453 g/mol. The number of aryl methyl sites for hydroxylation is 2. The summed E-state index contributed by atoms with van der Waals surface area (Å²) in [5.41, 5.74) is 5.85. The normalized spacial score (nSPS) is 31.9. The fraction of sp³-hybridized carbons (Fsp3) is 0.438. The Morgan fingerprint density at radius 3 is 2.50 bits per heavy atom. The van der Waals surface area contributed by atoms with E-state index in [0.717, 1.165) is 37.0 Å². The average Bonchev–Trinajstić information content (AvgIpc) is 3.15. The molecule has 3 aromatic rings. The standard InChI is InChI=1S/C32H36O2/c1-22-8-11-25(12-9-22)32(33)19-17-30-29-14-10-24-20-26(34-21-23-6-4-3-5-7-23)13-15-27(24)28(29)16-18-31(30,32)2/h3-9,11-13,15,20,28-30,33H,10,14,16-19,21H2,1-2H3/t28-,29-,30+,31+,32-/m1/s1. The first kappa shape index (κ1) is 21.9. The minimum atomic E-state index is -0.703. The Kier molecular flexibility index (Phi) is 5.33. The quantitative estimate of drug-likeness (QED) is 0.449. The summed E-state index contributed by atoms with van der Waals surface area (Å²) >= 11 is 0. The van der Waals surface area contributed by atoms with E-state index in [2.05, 4.69) is 80.6 Å². The van der Waals surface area contributed by atoms with Crippen LogP contribution in [0, 0.1) is 24.2 Å². The van der Waals surface area contributed by atoms with Crippen LogP contribution in [0.5, 0.6) is 5.75 Å². The molecule has 176 valence electrons. The van der Waals surface area contributed by atoms with E-state index in [1.807, 2.05) is 6.07 Å². The van der Waals surface area contributed by atoms with Gasteiger partial charge in [0.25, 0.3) is 0 Å². The maximum atomic E-state index is 12.1. The summed E-state index contributed by atoms with van der Waals surface area (Å²) in [6.07, 6.45) is 6.63. The van der Waals surface area contributed by atoms with Crippen LogP contribution < -0.4 is 4.74 Å². The van der Waals surface area contributed by atoms with Crippen LogP contribution in [0.15, 0.2) is 72.8 Å². The van der Waals surface area contributed by atoms with Crippen molar-refractivity contribution in [2.75, 3.05) is 0 Å². The second kappa shape index (κ2) is 8.27. The lowest BCUT2D eigenvalue weighted by atomic mass is 9.52. The van der Waals surface area contributed by atoms with Gasteiger partial charge in [-0.3, -0.25) is 0 Å². The van der Waals surface area contributed by atoms with E-state index < -0.39 is 5.60 Å². The zero-order valence-electron chi connectivity index (χ0n) is 20.5. The number of fused-ring (bicyclic) bond motifs is 5. The van der Waals surface area contributed by atoms with Gasteiger partial charge in [0.2, 0.25) is 0 Å². The third-order valence-corrected chi connectivity index (χ3v) is 9.63. The van der Waals surface area contributed by atoms with E-state index in [9.17, 15) is 5.11 Å². The fourth-order valence-corrected chi connectivity index (χ4v) is 7.71. The minimum Gasteiger partial charge on any atom is -0.489 e. The first-order chi connectivity index (χ1) is 16.5. The van der Waals surface area contributed by atoms with E-state index in [-0.39, 0.29) is 5.41 Å². The molecule has 5 atom stereocenters. The summed E-state index contributed by atoms with van der Waals surface area (Å²) in [5.74, 6) is 2.85. The Morgan fingerprint density at radius 1 is 0.912 bits per heavy atom. The minimum absolute atomic E-state index is 0.0420. The smallest absolute Gasteiger partial charge is 0.120 e. The summed E-state index contributed by atoms with van der Waals surface area (Å²) in [6.45, 7) is 5.12. The SMILES string of the molecule is Cc1ccc([C@]2(O)CC[C@H]3[C@@H]4CCc5cc(OCc6ccccc6)ccc5[C@H]4CC[C@@]32C)cc1. The lowest BCUT2D eigenvalue weighted by molar-refractivity contribution is -0.108. The van der Waals surface area contributed by atoms with Crippen molar-refractivity contribution < 1.29 is 9.84 Å². The molecule has 3 aliphatic carbocycles. The highest BCUT2D eigenvalue weighted by Gasteiger charge is 2.62. The van der Waals surface area contributed by atoms with Gasteiger partial charge in [-0.05, 0) is 97.6 Å². The maximum Gasteiger partial charge on any atom is 0.120 e. The first-order valence-corrected chi connectivity index (χ1v) is 13.1. The molecule has 0 bridgehead atoms. The number of rotatable bonds is 4. The predicted molar refractivity (Wildman–Crippen MR) is 137 cm³/mol. The van der Waals surface area contributed by atoms with Crippen LogP contribution in [0.1, 0.15) is 72.8 Å². The summed E-state index contributed by atoms with van der Waals surface area (Å²) in [6, 6.07) is 25.9. The molecule has 2 nitrogen and oxygen atoms in total. The predicted octanol–water partition coefficient (Wildman–Crippen LogP) is 7.32. The van der Waals surface area contributed by atoms with Crippen molar-refractivity contribution in [3.8, 4) is 5.75 Å². The van der Waals surface area contributed by atoms with Crippen molar-refractivity contribution in [3.05, 3.63) is 101 Å². The van der Waals surface area contributed by atoms with Gasteiger partial charge in [-0.1, -0.05) is 73.2 Å². The molecule has 2 fully saturated rings. The second-order valence-corrected chi connectivity index (χ2v) is 11.3. The van der Waals surface area contributed by atoms with Crippen LogP contribution in [0.25, 0.3) is 0 Å². The van der Waals surface area contributed by atoms with Crippen LogP contribution in [-0.2, 0) is 18.6 Å². The van der Waals surface area contributed by atoms with Crippen molar-refractivity contribution in [2.24, 2.45) is 17.3 Å². The van der Waals surface area contributed by atoms with Gasteiger partial charge < -0.3 is 9.84 Å². The molecule has 34 heavy (non-hydrogen) atoms. The van der Waals surface area contributed by atoms with Crippen LogP contribution in [-0.4, -0.2) is 5.11 Å². The van der Waals surface area contributed by atoms with Gasteiger partial charge in [0.1, 0.15) is 12.4 Å². The monoisotopic (exact) mass is 452 g/mol. The maximum absolute atomic E-state index is 12.1. The van der Waals surface area contributed by atoms with Crippen LogP contribution in [0.4, 0.5) is 0 Å². The van der Waals surface area contributed by atoms with Crippen molar-refractivity contribution >= 4 is 0 Å². The Labute approximate surface area is 204 Å². The number of hydrogen-bond donors (Lipinski definition) is 1. The Morgan fingerprint density at radius 2 is 1.71 bits per heavy atom. The van der Waals surface area contributed by atoms with E-state index >= 15 is 0 Å². The molecule has 3 aliphatic rings. The van der Waals surface area contributed by atoms with Crippen molar-refractivity contribution in [1.29, 1.82) is 0 Å². The lowest BCUT2D eigenvalue weighted by Gasteiger charge is -2.53. The Balaban J connectivity index is 1.23. The molecule has 3 aromatic carbocycles. The van der Waals surface area contributed by atoms with Crippen molar-refractivity contribution in [3.63, 3.8) is 0 Å². The topological polar surface area (TPSA) is 29.5 Å². The molecule has 0 spiro atoms. The molecule has 0 aliphatic heterocycles. The number of aliphatic hydroxyl groups is 1. The Hall–Kier alpha value is -2.58. The number of hydrogen-bond acceptors (Lipinski definition) is 2. The van der Waals surface area contributed by atoms with E-state index in [1.54, 1.807) is 0 Å². The van der Waals surface area contributed by atoms with Gasteiger partial charge in [-0.15, -0.1) is 0 Å². The fourth-order valence-electron chi connectivity index (χ4n) is 7.71.